The topological polar surface area (TPSA) is 35.2 Å². The van der Waals surface area contributed by atoms with Crippen LogP contribution in [0.3, 0.4) is 0 Å². The third-order valence-electron chi connectivity index (χ3n) is 4.08. The summed E-state index contributed by atoms with van der Waals surface area (Å²) in [5.74, 6) is 0.952. The first-order chi connectivity index (χ1) is 12.3. The Hall–Kier alpha value is -1.49. The second kappa shape index (κ2) is 10.0. The average molecular weight is 465 g/mol. The highest BCUT2D eigenvalue weighted by Crippen LogP contribution is 2.36. The fraction of sp³-hybridized carbons (Fsp3) is 0.391. The lowest BCUT2D eigenvalue weighted by Gasteiger charge is -2.24. The molecule has 2 N–H and O–H groups in total. The average Bonchev–Trinajstić information content (AvgIpc) is 2.61. The number of hydrogen-bond acceptors (Lipinski definition) is 2. The Balaban J connectivity index is 0.00000163. The smallest absolute Gasteiger partial charge is 0.129 e. The molecule has 3 heteroatoms. The van der Waals surface area contributed by atoms with Gasteiger partial charge in [0.15, 0.2) is 0 Å². The van der Waals surface area contributed by atoms with Crippen LogP contribution in [0.5, 0.6) is 5.75 Å². The van der Waals surface area contributed by atoms with E-state index >= 15 is 0 Å². The van der Waals surface area contributed by atoms with Crippen LogP contribution in [0.2, 0.25) is 0 Å². The molecule has 2 rings (SSSR count). The first-order valence-corrected chi connectivity index (χ1v) is 10.3. The molecule has 0 radical (unpaired) electrons. The van der Waals surface area contributed by atoms with E-state index in [1.807, 2.05) is 26.0 Å². The van der Waals surface area contributed by atoms with Crippen molar-refractivity contribution in [3.05, 3.63) is 56.2 Å². The van der Waals surface area contributed by atoms with E-state index in [0.717, 1.165) is 23.4 Å². The van der Waals surface area contributed by atoms with Gasteiger partial charge < -0.3 is 10.5 Å². The van der Waals surface area contributed by atoms with Gasteiger partial charge in [-0.25, -0.2) is 0 Å². The molecular weight excluding hydrogens is 433 g/mol. The molecule has 142 valence electrons. The normalized spacial score (nSPS) is 11.2. The Kier molecular flexibility index (Phi) is 8.68. The number of rotatable bonds is 4. The van der Waals surface area contributed by atoms with Crippen LogP contribution >= 0.6 is 22.6 Å². The highest BCUT2D eigenvalue weighted by atomic mass is 127. The molecule has 0 aliphatic carbocycles. The van der Waals surface area contributed by atoms with Crippen molar-refractivity contribution >= 4 is 40.4 Å². The molecule has 2 aromatic rings. The summed E-state index contributed by atoms with van der Waals surface area (Å²) in [4.78, 5) is 0. The molecule has 26 heavy (non-hydrogen) atoms. The van der Waals surface area contributed by atoms with Gasteiger partial charge in [0.05, 0.1) is 7.11 Å². The molecule has 0 amide bonds. The van der Waals surface area contributed by atoms with Crippen LogP contribution in [0, 0.1) is 3.57 Å². The summed E-state index contributed by atoms with van der Waals surface area (Å²) < 4.78 is 6.96. The number of nitrogens with two attached hydrogens (primary N) is 1. The fourth-order valence-electron chi connectivity index (χ4n) is 2.80. The number of ether oxygens (including phenoxy) is 1. The number of halogens is 1. The molecule has 0 fully saturated rings. The zero-order valence-corrected chi connectivity index (χ0v) is 19.3. The third-order valence-corrected chi connectivity index (χ3v) is 4.71. The number of hydrogen-bond donors (Lipinski definition) is 1. The Morgan fingerprint density at radius 2 is 1.65 bits per heavy atom. The molecular formula is C23H32INO. The van der Waals surface area contributed by atoms with E-state index in [2.05, 4.69) is 80.6 Å². The van der Waals surface area contributed by atoms with Gasteiger partial charge in [0.1, 0.15) is 5.75 Å². The van der Waals surface area contributed by atoms with E-state index < -0.39 is 0 Å². The van der Waals surface area contributed by atoms with Crippen LogP contribution in [0.4, 0.5) is 5.69 Å². The van der Waals surface area contributed by atoms with Gasteiger partial charge in [-0.2, -0.15) is 0 Å². The van der Waals surface area contributed by atoms with Gasteiger partial charge in [-0.05, 0) is 69.8 Å². The van der Waals surface area contributed by atoms with E-state index in [1.165, 1.54) is 20.3 Å². The number of methoxy groups -OCH3 is 1. The van der Waals surface area contributed by atoms with Crippen LogP contribution < -0.4 is 10.5 Å². The summed E-state index contributed by atoms with van der Waals surface area (Å²) in [6.45, 7) is 12.8. The molecule has 0 unspecified atom stereocenters. The second-order valence-corrected chi connectivity index (χ2v) is 8.22. The van der Waals surface area contributed by atoms with Gasteiger partial charge in [0.25, 0.3) is 0 Å². The highest BCUT2D eigenvalue weighted by Gasteiger charge is 2.21. The maximum Gasteiger partial charge on any atom is 0.129 e. The van der Waals surface area contributed by atoms with Crippen LogP contribution in [-0.2, 0) is 11.8 Å². The van der Waals surface area contributed by atoms with Crippen LogP contribution in [0.15, 0.2) is 30.3 Å². The molecule has 0 saturated carbocycles. The highest BCUT2D eigenvalue weighted by molar-refractivity contribution is 14.1. The molecule has 2 aromatic carbocycles. The lowest BCUT2D eigenvalue weighted by Crippen LogP contribution is -2.14. The summed E-state index contributed by atoms with van der Waals surface area (Å²) in [5.41, 5.74) is 11.5. The second-order valence-electron chi connectivity index (χ2n) is 6.97. The molecule has 0 spiro atoms. The van der Waals surface area contributed by atoms with E-state index in [4.69, 9.17) is 10.5 Å². The standard InChI is InChI=1S/C21H26INO.C2H6/c1-6-14-12-18(23)10-9-15(14)7-8-16-11-17(22)13-19(20(16)24-5)21(2,3)4;1-2/h7-13H,6,23H2,1-5H3;1-2H3/b8-7+;. The van der Waals surface area contributed by atoms with Gasteiger partial charge >= 0.3 is 0 Å². The zero-order valence-electron chi connectivity index (χ0n) is 17.1. The lowest BCUT2D eigenvalue weighted by molar-refractivity contribution is 0.396. The molecule has 0 aliphatic heterocycles. The van der Waals surface area contributed by atoms with Crippen molar-refractivity contribution in [1.29, 1.82) is 0 Å². The van der Waals surface area contributed by atoms with Gasteiger partial charge in [-0.15, -0.1) is 0 Å². The van der Waals surface area contributed by atoms with E-state index in [9.17, 15) is 0 Å². The Morgan fingerprint density at radius 1 is 1.04 bits per heavy atom. The van der Waals surface area contributed by atoms with Crippen molar-refractivity contribution in [2.45, 2.75) is 53.4 Å². The monoisotopic (exact) mass is 465 g/mol. The molecule has 2 nitrogen and oxygen atoms in total. The van der Waals surface area contributed by atoms with Crippen molar-refractivity contribution in [3.8, 4) is 5.75 Å². The van der Waals surface area contributed by atoms with Gasteiger partial charge in [0, 0.05) is 20.4 Å². The van der Waals surface area contributed by atoms with Crippen molar-refractivity contribution in [3.63, 3.8) is 0 Å². The maximum atomic E-state index is 5.90. The minimum Gasteiger partial charge on any atom is -0.496 e. The number of benzene rings is 2. The molecule has 0 atom stereocenters. The number of nitrogen functional groups attached to an aromatic ring is 1. The van der Waals surface area contributed by atoms with Gasteiger partial charge in [0.2, 0.25) is 0 Å². The molecule has 0 heterocycles. The van der Waals surface area contributed by atoms with Crippen LogP contribution in [0.25, 0.3) is 12.2 Å². The van der Waals surface area contributed by atoms with Crippen molar-refractivity contribution in [1.82, 2.24) is 0 Å². The minimum atomic E-state index is 0.0326. The van der Waals surface area contributed by atoms with Crippen LogP contribution in [0.1, 0.15) is 63.8 Å². The molecule has 0 saturated heterocycles. The first-order valence-electron chi connectivity index (χ1n) is 9.20. The summed E-state index contributed by atoms with van der Waals surface area (Å²) in [7, 11) is 1.75. The predicted molar refractivity (Wildman–Crippen MR) is 125 cm³/mol. The van der Waals surface area contributed by atoms with Crippen molar-refractivity contribution in [2.24, 2.45) is 0 Å². The molecule has 0 aromatic heterocycles. The maximum absolute atomic E-state index is 5.90. The van der Waals surface area contributed by atoms with E-state index in [-0.39, 0.29) is 5.41 Å². The summed E-state index contributed by atoms with van der Waals surface area (Å²) in [6, 6.07) is 10.4. The molecule has 0 aliphatic rings. The summed E-state index contributed by atoms with van der Waals surface area (Å²) in [6.07, 6.45) is 5.25. The van der Waals surface area contributed by atoms with E-state index in [1.54, 1.807) is 7.11 Å². The summed E-state index contributed by atoms with van der Waals surface area (Å²) >= 11 is 2.37. The van der Waals surface area contributed by atoms with Gasteiger partial charge in [-0.1, -0.05) is 59.8 Å². The lowest BCUT2D eigenvalue weighted by atomic mass is 9.85. The fourth-order valence-corrected chi connectivity index (χ4v) is 3.44. The minimum absolute atomic E-state index is 0.0326. The largest absolute Gasteiger partial charge is 0.496 e. The Labute approximate surface area is 173 Å². The predicted octanol–water partition coefficient (Wildman–Crippen LogP) is 6.94. The van der Waals surface area contributed by atoms with Crippen LogP contribution in [-0.4, -0.2) is 7.11 Å². The van der Waals surface area contributed by atoms with Crippen molar-refractivity contribution in [2.75, 3.05) is 12.8 Å². The van der Waals surface area contributed by atoms with E-state index in [0.29, 0.717) is 0 Å². The Bertz CT molecular complexity index is 758. The first kappa shape index (κ1) is 22.6. The number of anilines is 1. The van der Waals surface area contributed by atoms with Crippen molar-refractivity contribution < 1.29 is 4.74 Å². The van der Waals surface area contributed by atoms with Gasteiger partial charge in [-0.3, -0.25) is 0 Å². The third kappa shape index (κ3) is 5.76. The SMILES string of the molecule is CC.CCc1cc(N)ccc1/C=C/c1cc(I)cc(C(C)(C)C)c1OC. The Morgan fingerprint density at radius 3 is 2.19 bits per heavy atom. The quantitative estimate of drug-likeness (QED) is 0.302. The summed E-state index contributed by atoms with van der Waals surface area (Å²) in [5, 5.41) is 0. The molecule has 0 bridgehead atoms. The number of aryl methyl sites for hydroxylation is 1. The zero-order chi connectivity index (χ0) is 19.9.